The molecule has 3 nitrogen and oxygen atoms in total. The van der Waals surface area contributed by atoms with E-state index >= 15 is 0 Å². The molecule has 0 saturated heterocycles. The maximum atomic E-state index is 2.44. The van der Waals surface area contributed by atoms with Crippen molar-refractivity contribution in [1.29, 1.82) is 0 Å². The topological polar surface area (TPSA) is 11.4 Å². The summed E-state index contributed by atoms with van der Waals surface area (Å²) in [6.45, 7) is 4.71. The summed E-state index contributed by atoms with van der Waals surface area (Å²) in [5.41, 5.74) is 38.8. The van der Waals surface area contributed by atoms with Crippen LogP contribution in [0.25, 0.3) is 128 Å². The average molecular weight is 1420 g/mol. The molecule has 111 heavy (non-hydrogen) atoms. The van der Waals surface area contributed by atoms with E-state index < -0.39 is 0 Å². The fraction of sp³-hybridized carbons (Fsp3) is 0.0556. The molecule has 0 saturated carbocycles. The molecule has 1 heterocycles. The van der Waals surface area contributed by atoms with Crippen molar-refractivity contribution in [3.8, 4) is 106 Å². The van der Waals surface area contributed by atoms with Crippen LogP contribution in [0.2, 0.25) is 0 Å². The summed E-state index contributed by atoms with van der Waals surface area (Å²) >= 11 is 0. The van der Waals surface area contributed by atoms with Gasteiger partial charge < -0.3 is 14.4 Å². The highest BCUT2D eigenvalue weighted by molar-refractivity contribution is 6.10. The van der Waals surface area contributed by atoms with Crippen molar-refractivity contribution >= 4 is 55.9 Å². The summed E-state index contributed by atoms with van der Waals surface area (Å²) in [5.74, 6) is 0.355. The smallest absolute Gasteiger partial charge is 0.0541 e. The Morgan fingerprint density at radius 1 is 0.252 bits per heavy atom. The maximum absolute atomic E-state index is 2.44. The first kappa shape index (κ1) is 66.6. The third-order valence-corrected chi connectivity index (χ3v) is 23.5. The van der Waals surface area contributed by atoms with Gasteiger partial charge in [0.2, 0.25) is 0 Å². The zero-order valence-corrected chi connectivity index (χ0v) is 62.1. The molecule has 2 aliphatic rings. The highest BCUT2D eigenvalue weighted by Crippen LogP contribution is 2.52. The molecule has 0 radical (unpaired) electrons. The van der Waals surface area contributed by atoms with Crippen molar-refractivity contribution in [3.05, 3.63) is 440 Å². The first-order chi connectivity index (χ1) is 54.8. The van der Waals surface area contributed by atoms with Crippen LogP contribution in [-0.4, -0.2) is 4.57 Å². The van der Waals surface area contributed by atoms with E-state index in [-0.39, 0.29) is 5.41 Å². The van der Waals surface area contributed by atoms with Crippen LogP contribution in [0.4, 0.5) is 34.1 Å². The van der Waals surface area contributed by atoms with Crippen molar-refractivity contribution in [2.75, 3.05) is 9.80 Å². The molecule has 20 rings (SSSR count). The van der Waals surface area contributed by atoms with Gasteiger partial charge in [0.05, 0.1) is 11.0 Å². The summed E-state index contributed by atoms with van der Waals surface area (Å²) in [7, 11) is 0. The Kier molecular flexibility index (Phi) is 16.8. The zero-order chi connectivity index (χ0) is 73.9. The third kappa shape index (κ3) is 12.3. The van der Waals surface area contributed by atoms with Crippen molar-refractivity contribution in [2.45, 2.75) is 38.0 Å². The summed E-state index contributed by atoms with van der Waals surface area (Å²) in [6.07, 6.45) is 2.12. The molecule has 0 spiro atoms. The monoisotopic (exact) mass is 1420 g/mol. The van der Waals surface area contributed by atoms with Crippen molar-refractivity contribution in [2.24, 2.45) is 0 Å². The second-order valence-corrected chi connectivity index (χ2v) is 30.3. The number of hydrogen-bond acceptors (Lipinski definition) is 2. The third-order valence-electron chi connectivity index (χ3n) is 23.5. The Hall–Kier alpha value is -13.9. The number of para-hydroxylation sites is 2. The molecule has 0 aliphatic heterocycles. The Labute approximate surface area is 650 Å². The minimum absolute atomic E-state index is 0.0932. The highest BCUT2D eigenvalue weighted by atomic mass is 15.1. The minimum Gasteiger partial charge on any atom is -0.311 e. The van der Waals surface area contributed by atoms with Gasteiger partial charge in [0.1, 0.15) is 0 Å². The van der Waals surface area contributed by atoms with E-state index in [0.717, 1.165) is 74.9 Å². The van der Waals surface area contributed by atoms with E-state index in [1.54, 1.807) is 0 Å². The largest absolute Gasteiger partial charge is 0.311 e. The van der Waals surface area contributed by atoms with E-state index in [9.17, 15) is 0 Å². The first-order valence-corrected chi connectivity index (χ1v) is 38.9. The molecule has 1 unspecified atom stereocenters. The van der Waals surface area contributed by atoms with Crippen LogP contribution < -0.4 is 9.80 Å². The summed E-state index contributed by atoms with van der Waals surface area (Å²) in [6, 6.07) is 153. The maximum Gasteiger partial charge on any atom is 0.0541 e. The lowest BCUT2D eigenvalue weighted by atomic mass is 9.82. The second kappa shape index (κ2) is 28.0. The highest BCUT2D eigenvalue weighted by Gasteiger charge is 2.36. The van der Waals surface area contributed by atoms with Gasteiger partial charge in [-0.3, -0.25) is 0 Å². The Bertz CT molecular complexity index is 6460. The number of fused-ring (bicyclic) bond motifs is 9. The number of aromatic nitrogens is 1. The lowest BCUT2D eigenvalue weighted by Crippen LogP contribution is -2.15. The normalized spacial score (nSPS) is 13.2. The summed E-state index contributed by atoms with van der Waals surface area (Å²) in [4.78, 5) is 4.79. The van der Waals surface area contributed by atoms with Gasteiger partial charge in [-0.1, -0.05) is 311 Å². The standard InChI is InChI=1S/C108H79N3/c1-108(2)104-31-16-14-29-99(104)102-72-95(65-67-105(102)108)110(94-63-51-82(52-64-94)87-42-41-84-53-66-96(83-21-8-4-9-22-83)97-27-12-13-28-98(97)101(84)70-87)93-59-47-78(48-60-93)74-33-37-79(38-34-74)85-23-18-24-86(69-85)81-49-61-92(62-50-81)109(90-55-43-76(44-56-90)73-19-6-3-7-20-73)91-57-45-77(46-58-91)75-35-39-80(40-36-75)88-54-68-107-103(71-88)100-30-15-17-32-106(100)111(107)89-25-10-5-11-26-89/h3-52,54-65,67-72,96H,53,66H2,1-2H3. The zero-order valence-electron chi connectivity index (χ0n) is 62.1. The molecule has 0 bridgehead atoms. The van der Waals surface area contributed by atoms with E-state index in [2.05, 4.69) is 441 Å². The molecule has 18 aromatic rings. The molecule has 1 aromatic heterocycles. The van der Waals surface area contributed by atoms with Gasteiger partial charge in [-0.05, 0) is 256 Å². The quantitative estimate of drug-likeness (QED) is 0.101. The molecule has 3 heteroatoms. The molecule has 2 aliphatic carbocycles. The molecule has 1 atom stereocenters. The SMILES string of the molecule is CC1(C)c2ccccc2-c2cc(N(c3ccc(-c4ccc(-c5cccc(-c6ccc(N(c7ccc(-c8ccccc8)cc7)c7ccc(-c8ccc(-c9ccc%10c(c9)c9ccccc9n%10-c9ccccc9)cc8)cc7)cc6)c5)cc4)cc3)c3ccc(-c4ccc5c(c4)-c4ccccc4C(c4ccccc4)CC5)cc3)ccc21. The number of aryl methyl sites for hydroxylation is 1. The van der Waals surface area contributed by atoms with Crippen LogP contribution in [0.3, 0.4) is 0 Å². The number of hydrogen-bond donors (Lipinski definition) is 0. The van der Waals surface area contributed by atoms with E-state index in [0.29, 0.717) is 5.92 Å². The van der Waals surface area contributed by atoms with E-state index in [1.165, 1.54) is 128 Å². The van der Waals surface area contributed by atoms with E-state index in [4.69, 9.17) is 0 Å². The van der Waals surface area contributed by atoms with Gasteiger partial charge in [-0.2, -0.15) is 0 Å². The van der Waals surface area contributed by atoms with E-state index in [1.807, 2.05) is 0 Å². The van der Waals surface area contributed by atoms with Crippen LogP contribution in [-0.2, 0) is 11.8 Å². The molecule has 17 aromatic carbocycles. The van der Waals surface area contributed by atoms with Gasteiger partial charge in [-0.25, -0.2) is 0 Å². The van der Waals surface area contributed by atoms with Gasteiger partial charge in [0.25, 0.3) is 0 Å². The van der Waals surface area contributed by atoms with Crippen molar-refractivity contribution in [3.63, 3.8) is 0 Å². The fourth-order valence-electron chi connectivity index (χ4n) is 17.7. The van der Waals surface area contributed by atoms with Crippen LogP contribution >= 0.6 is 0 Å². The number of anilines is 6. The first-order valence-electron chi connectivity index (χ1n) is 38.9. The van der Waals surface area contributed by atoms with Crippen LogP contribution in [0.15, 0.2) is 413 Å². The van der Waals surface area contributed by atoms with Gasteiger partial charge in [0, 0.05) is 61.9 Å². The average Bonchev–Trinajstić information content (AvgIpc) is 1.58. The molecule has 0 N–H and O–H groups in total. The molecule has 0 amide bonds. The van der Waals surface area contributed by atoms with Crippen LogP contribution in [0, 0.1) is 0 Å². The number of benzene rings is 17. The summed E-state index contributed by atoms with van der Waals surface area (Å²) in [5, 5.41) is 2.50. The minimum atomic E-state index is -0.0932. The van der Waals surface area contributed by atoms with Gasteiger partial charge in [0.15, 0.2) is 0 Å². The predicted octanol–water partition coefficient (Wildman–Crippen LogP) is 29.4. The van der Waals surface area contributed by atoms with Gasteiger partial charge in [-0.15, -0.1) is 0 Å². The predicted molar refractivity (Wildman–Crippen MR) is 468 cm³/mol. The van der Waals surface area contributed by atoms with Crippen molar-refractivity contribution in [1.82, 2.24) is 4.57 Å². The molecular formula is C108H79N3. The molecule has 0 fully saturated rings. The fourth-order valence-corrected chi connectivity index (χ4v) is 17.7. The number of rotatable bonds is 15. The second-order valence-electron chi connectivity index (χ2n) is 30.3. The van der Waals surface area contributed by atoms with Gasteiger partial charge >= 0.3 is 0 Å². The van der Waals surface area contributed by atoms with Crippen molar-refractivity contribution < 1.29 is 0 Å². The summed E-state index contributed by atoms with van der Waals surface area (Å²) < 4.78 is 2.37. The Morgan fingerprint density at radius 2 is 0.631 bits per heavy atom. The molecular weight excluding hydrogens is 1340 g/mol. The van der Waals surface area contributed by atoms with Crippen LogP contribution in [0.5, 0.6) is 0 Å². The Morgan fingerprint density at radius 3 is 1.19 bits per heavy atom. The number of nitrogens with zero attached hydrogens (tertiary/aromatic N) is 3. The van der Waals surface area contributed by atoms with Crippen LogP contribution in [0.1, 0.15) is 54.0 Å². The Balaban J connectivity index is 0.562. The lowest BCUT2D eigenvalue weighted by molar-refractivity contribution is 0.660. The lowest BCUT2D eigenvalue weighted by Gasteiger charge is -2.27. The molecule has 526 valence electrons.